The fourth-order valence-electron chi connectivity index (χ4n) is 1.21. The molecule has 1 aromatic rings. The predicted molar refractivity (Wildman–Crippen MR) is 78.4 cm³/mol. The summed E-state index contributed by atoms with van der Waals surface area (Å²) < 4.78 is 10.2. The lowest BCUT2D eigenvalue weighted by Gasteiger charge is -2.27. The van der Waals surface area contributed by atoms with Gasteiger partial charge in [-0.05, 0) is 5.41 Å². The van der Waals surface area contributed by atoms with Crippen LogP contribution in [-0.4, -0.2) is 41.1 Å². The molecule has 0 aliphatic carbocycles. The minimum Gasteiger partial charge on any atom is -0.481 e. The molecule has 1 rings (SSSR count). The summed E-state index contributed by atoms with van der Waals surface area (Å²) in [5.41, 5.74) is -0.202. The van der Waals surface area contributed by atoms with E-state index in [2.05, 4.69) is 25.9 Å². The highest BCUT2D eigenvalue weighted by Gasteiger charge is 2.30. The third-order valence-electron chi connectivity index (χ3n) is 2.55. The van der Waals surface area contributed by atoms with Crippen LogP contribution in [0.2, 0.25) is 0 Å². The van der Waals surface area contributed by atoms with Gasteiger partial charge < -0.3 is 14.3 Å². The molecule has 19 heavy (non-hydrogen) atoms. The van der Waals surface area contributed by atoms with Crippen molar-refractivity contribution in [3.8, 4) is 11.8 Å². The molecule has 0 aliphatic heterocycles. The molecule has 0 bridgehead atoms. The smallest absolute Gasteiger partial charge is 0.220 e. The van der Waals surface area contributed by atoms with Crippen LogP contribution >= 0.6 is 27.7 Å². The summed E-state index contributed by atoms with van der Waals surface area (Å²) in [6, 6.07) is 1.59. The van der Waals surface area contributed by atoms with Crippen LogP contribution in [0.1, 0.15) is 13.8 Å². The lowest BCUT2D eigenvalue weighted by atomic mass is 9.92. The number of rotatable bonds is 7. The third-order valence-corrected chi connectivity index (χ3v) is 5.39. The Labute approximate surface area is 125 Å². The molecule has 0 fully saturated rings. The fraction of sp³-hybridized carbons (Fsp3) is 0.583. The van der Waals surface area contributed by atoms with Crippen molar-refractivity contribution in [2.45, 2.75) is 24.3 Å². The van der Waals surface area contributed by atoms with Crippen molar-refractivity contribution < 1.29 is 14.3 Å². The van der Waals surface area contributed by atoms with Crippen LogP contribution in [0.5, 0.6) is 11.8 Å². The van der Waals surface area contributed by atoms with Gasteiger partial charge in [0.25, 0.3) is 0 Å². The van der Waals surface area contributed by atoms with Crippen LogP contribution in [-0.2, 0) is 4.79 Å². The summed E-state index contributed by atoms with van der Waals surface area (Å²) in [5, 5.41) is 0.906. The van der Waals surface area contributed by atoms with Crippen molar-refractivity contribution in [3.63, 3.8) is 0 Å². The maximum Gasteiger partial charge on any atom is 0.220 e. The van der Waals surface area contributed by atoms with E-state index in [9.17, 15) is 4.79 Å². The van der Waals surface area contributed by atoms with E-state index in [1.165, 1.54) is 26.0 Å². The molecule has 7 heteroatoms. The Morgan fingerprint density at radius 1 is 1.37 bits per heavy atom. The lowest BCUT2D eigenvalue weighted by Crippen LogP contribution is -2.29. The first kappa shape index (κ1) is 16.2. The average Bonchev–Trinajstić information content (AvgIpc) is 2.43. The van der Waals surface area contributed by atoms with E-state index in [4.69, 9.17) is 9.47 Å². The maximum absolute atomic E-state index is 11.3. The van der Waals surface area contributed by atoms with Gasteiger partial charge in [0.15, 0.2) is 5.16 Å². The van der Waals surface area contributed by atoms with E-state index in [1.54, 1.807) is 6.07 Å². The average molecular weight is 349 g/mol. The second kappa shape index (κ2) is 7.09. The van der Waals surface area contributed by atoms with Crippen LogP contribution in [0.25, 0.3) is 0 Å². The van der Waals surface area contributed by atoms with Gasteiger partial charge in [-0.25, -0.2) is 0 Å². The Kier molecular flexibility index (Phi) is 6.06. The van der Waals surface area contributed by atoms with Gasteiger partial charge in [0, 0.05) is 5.33 Å². The molecular weight excluding hydrogens is 332 g/mol. The topological polar surface area (TPSA) is 61.3 Å². The highest BCUT2D eigenvalue weighted by atomic mass is 79.9. The molecule has 5 nitrogen and oxygen atoms in total. The first-order valence-electron chi connectivity index (χ1n) is 5.61. The number of aldehydes is 1. The van der Waals surface area contributed by atoms with E-state index in [0.29, 0.717) is 22.2 Å². The highest BCUT2D eigenvalue weighted by molar-refractivity contribution is 9.09. The Hall–Kier alpha value is -0.820. The minimum atomic E-state index is -0.260. The Bertz CT molecular complexity index is 421. The van der Waals surface area contributed by atoms with Crippen LogP contribution in [0.4, 0.5) is 0 Å². The van der Waals surface area contributed by atoms with Crippen molar-refractivity contribution in [2.75, 3.05) is 19.5 Å². The summed E-state index contributed by atoms with van der Waals surface area (Å²) in [5.74, 6) is 0.825. The van der Waals surface area contributed by atoms with Crippen molar-refractivity contribution in [1.82, 2.24) is 9.97 Å². The standard InChI is InChI=1S/C12H17BrN2O3S/c1-12(2,7-13)8(6-16)19-11-14-9(17-3)5-10(15-11)18-4/h5-6,8H,7H2,1-4H3. The summed E-state index contributed by atoms with van der Waals surface area (Å²) in [7, 11) is 3.05. The largest absolute Gasteiger partial charge is 0.481 e. The molecule has 0 saturated heterocycles. The summed E-state index contributed by atoms with van der Waals surface area (Å²) >= 11 is 4.72. The molecule has 1 heterocycles. The zero-order chi connectivity index (χ0) is 14.5. The van der Waals surface area contributed by atoms with Crippen molar-refractivity contribution >= 4 is 34.0 Å². The van der Waals surface area contributed by atoms with Gasteiger partial charge in [0.05, 0.1) is 25.5 Å². The molecular formula is C12H17BrN2O3S. The predicted octanol–water partition coefficient (Wildman–Crippen LogP) is 2.57. The van der Waals surface area contributed by atoms with Gasteiger partial charge in [-0.2, -0.15) is 9.97 Å². The number of carbonyl (C=O) groups is 1. The van der Waals surface area contributed by atoms with E-state index >= 15 is 0 Å². The number of ether oxygens (including phenoxy) is 2. The molecule has 1 atom stereocenters. The second-order valence-electron chi connectivity index (χ2n) is 4.53. The van der Waals surface area contributed by atoms with Gasteiger partial charge >= 0.3 is 0 Å². The fourth-order valence-corrected chi connectivity index (χ4v) is 2.74. The number of hydrogen-bond acceptors (Lipinski definition) is 6. The first-order valence-corrected chi connectivity index (χ1v) is 7.62. The number of halogens is 1. The third kappa shape index (κ3) is 4.35. The van der Waals surface area contributed by atoms with Crippen LogP contribution in [0.3, 0.4) is 0 Å². The summed E-state index contributed by atoms with van der Waals surface area (Å²) in [6.45, 7) is 4.01. The number of nitrogens with zero attached hydrogens (tertiary/aromatic N) is 2. The monoisotopic (exact) mass is 348 g/mol. The van der Waals surface area contributed by atoms with E-state index < -0.39 is 0 Å². The van der Waals surface area contributed by atoms with E-state index in [1.807, 2.05) is 13.8 Å². The number of carbonyl (C=O) groups excluding carboxylic acids is 1. The summed E-state index contributed by atoms with van der Waals surface area (Å²) in [4.78, 5) is 19.7. The number of thioether (sulfide) groups is 1. The van der Waals surface area contributed by atoms with Crippen molar-refractivity contribution in [1.29, 1.82) is 0 Å². The van der Waals surface area contributed by atoms with Crippen molar-refractivity contribution in [2.24, 2.45) is 5.41 Å². The van der Waals surface area contributed by atoms with Gasteiger partial charge in [-0.3, -0.25) is 0 Å². The Morgan fingerprint density at radius 2 is 1.89 bits per heavy atom. The molecule has 0 N–H and O–H groups in total. The minimum absolute atomic E-state index is 0.202. The maximum atomic E-state index is 11.3. The molecule has 106 valence electrons. The molecule has 1 aromatic heterocycles. The number of aromatic nitrogens is 2. The Morgan fingerprint density at radius 3 is 2.26 bits per heavy atom. The van der Waals surface area contributed by atoms with Crippen molar-refractivity contribution in [3.05, 3.63) is 6.07 Å². The van der Waals surface area contributed by atoms with Crippen LogP contribution in [0, 0.1) is 5.41 Å². The SMILES string of the molecule is COc1cc(OC)nc(SC(C=O)C(C)(C)CBr)n1. The van der Waals surface area contributed by atoms with Gasteiger partial charge in [-0.1, -0.05) is 41.5 Å². The van der Waals surface area contributed by atoms with Crippen LogP contribution < -0.4 is 9.47 Å². The zero-order valence-electron chi connectivity index (χ0n) is 11.3. The van der Waals surface area contributed by atoms with E-state index in [0.717, 1.165) is 6.29 Å². The molecule has 0 saturated carbocycles. The van der Waals surface area contributed by atoms with E-state index in [-0.39, 0.29) is 10.7 Å². The molecule has 1 unspecified atom stereocenters. The quantitative estimate of drug-likeness (QED) is 0.326. The summed E-state index contributed by atoms with van der Waals surface area (Å²) in [6.07, 6.45) is 0.918. The highest BCUT2D eigenvalue weighted by Crippen LogP contribution is 2.35. The number of alkyl halides is 1. The molecule has 0 radical (unpaired) electrons. The second-order valence-corrected chi connectivity index (χ2v) is 6.20. The Balaban J connectivity index is 3.00. The van der Waals surface area contributed by atoms with Gasteiger partial charge in [0.2, 0.25) is 11.8 Å². The number of hydrogen-bond donors (Lipinski definition) is 0. The van der Waals surface area contributed by atoms with Gasteiger partial charge in [-0.15, -0.1) is 0 Å². The molecule has 0 aromatic carbocycles. The molecule has 0 spiro atoms. The molecule has 0 amide bonds. The zero-order valence-corrected chi connectivity index (χ0v) is 13.7. The lowest BCUT2D eigenvalue weighted by molar-refractivity contribution is -0.108. The number of methoxy groups -OCH3 is 2. The first-order chi connectivity index (χ1) is 8.96. The normalized spacial score (nSPS) is 12.9. The van der Waals surface area contributed by atoms with Gasteiger partial charge in [0.1, 0.15) is 6.29 Å². The van der Waals surface area contributed by atoms with Crippen LogP contribution in [0.15, 0.2) is 11.2 Å². The molecule has 0 aliphatic rings.